The van der Waals surface area contributed by atoms with E-state index in [1.807, 2.05) is 38.1 Å². The molecule has 2 aromatic rings. The van der Waals surface area contributed by atoms with Crippen molar-refractivity contribution in [1.29, 1.82) is 0 Å². The van der Waals surface area contributed by atoms with Gasteiger partial charge in [0.2, 0.25) is 5.91 Å². The highest BCUT2D eigenvalue weighted by atomic mass is 19.1. The molecule has 0 spiro atoms. The van der Waals surface area contributed by atoms with Gasteiger partial charge in [0.25, 0.3) is 0 Å². The summed E-state index contributed by atoms with van der Waals surface area (Å²) >= 11 is 0. The minimum atomic E-state index is -0.281. The van der Waals surface area contributed by atoms with Crippen LogP contribution in [0, 0.1) is 5.82 Å². The number of hydrogen-bond donors (Lipinski definition) is 2. The predicted octanol–water partition coefficient (Wildman–Crippen LogP) is 3.73. The van der Waals surface area contributed by atoms with Crippen LogP contribution in [0.25, 0.3) is 0 Å². The van der Waals surface area contributed by atoms with E-state index in [0.29, 0.717) is 19.5 Å². The first-order valence-corrected chi connectivity index (χ1v) is 8.05. The molecule has 128 valence electrons. The lowest BCUT2D eigenvalue weighted by Gasteiger charge is -2.15. The van der Waals surface area contributed by atoms with Gasteiger partial charge >= 0.3 is 0 Å². The van der Waals surface area contributed by atoms with E-state index < -0.39 is 0 Å². The van der Waals surface area contributed by atoms with Crippen LogP contribution in [-0.4, -0.2) is 18.6 Å². The Morgan fingerprint density at radius 2 is 1.83 bits per heavy atom. The summed E-state index contributed by atoms with van der Waals surface area (Å²) in [6, 6.07) is 13.7. The highest BCUT2D eigenvalue weighted by Crippen LogP contribution is 2.24. The average molecular weight is 330 g/mol. The van der Waals surface area contributed by atoms with E-state index in [-0.39, 0.29) is 17.8 Å². The van der Waals surface area contributed by atoms with E-state index in [9.17, 15) is 9.18 Å². The van der Waals surface area contributed by atoms with Crippen molar-refractivity contribution in [3.63, 3.8) is 0 Å². The van der Waals surface area contributed by atoms with Crippen molar-refractivity contribution in [2.24, 2.45) is 0 Å². The van der Waals surface area contributed by atoms with Gasteiger partial charge in [0.15, 0.2) is 0 Å². The summed E-state index contributed by atoms with van der Waals surface area (Å²) < 4.78 is 18.5. The Labute approximate surface area is 142 Å². The summed E-state index contributed by atoms with van der Waals surface area (Å²) in [7, 11) is 0. The first-order valence-electron chi connectivity index (χ1n) is 8.05. The number of para-hydroxylation sites is 2. The van der Waals surface area contributed by atoms with Gasteiger partial charge in [-0.05, 0) is 43.7 Å². The normalized spacial score (nSPS) is 10.5. The van der Waals surface area contributed by atoms with Crippen molar-refractivity contribution in [2.45, 2.75) is 32.9 Å². The van der Waals surface area contributed by atoms with Crippen LogP contribution in [0.4, 0.5) is 10.1 Å². The van der Waals surface area contributed by atoms with Crippen molar-refractivity contribution in [1.82, 2.24) is 5.32 Å². The molecule has 2 rings (SSSR count). The molecular formula is C19H23FN2O2. The fourth-order valence-corrected chi connectivity index (χ4v) is 2.17. The monoisotopic (exact) mass is 330 g/mol. The maximum atomic E-state index is 12.8. The zero-order valence-electron chi connectivity index (χ0n) is 14.0. The SMILES string of the molecule is CC(C)Oc1ccccc1NCCC(=O)NCc1ccc(F)cc1. The number of amides is 1. The van der Waals surface area contributed by atoms with E-state index >= 15 is 0 Å². The van der Waals surface area contributed by atoms with Gasteiger partial charge in [-0.25, -0.2) is 4.39 Å². The van der Waals surface area contributed by atoms with Gasteiger partial charge in [0.05, 0.1) is 11.8 Å². The van der Waals surface area contributed by atoms with Crippen LogP contribution in [0.2, 0.25) is 0 Å². The van der Waals surface area contributed by atoms with Crippen molar-refractivity contribution in [3.05, 3.63) is 59.9 Å². The highest BCUT2D eigenvalue weighted by Gasteiger charge is 2.06. The average Bonchev–Trinajstić information content (AvgIpc) is 2.55. The number of halogens is 1. The maximum Gasteiger partial charge on any atom is 0.222 e. The Morgan fingerprint density at radius 3 is 2.54 bits per heavy atom. The quantitative estimate of drug-likeness (QED) is 0.775. The number of hydrogen-bond acceptors (Lipinski definition) is 3. The number of rotatable bonds is 8. The molecule has 2 aromatic carbocycles. The molecule has 0 bridgehead atoms. The Balaban J connectivity index is 1.75. The smallest absolute Gasteiger partial charge is 0.222 e. The second-order valence-corrected chi connectivity index (χ2v) is 5.74. The van der Waals surface area contributed by atoms with Crippen LogP contribution in [0.1, 0.15) is 25.8 Å². The van der Waals surface area contributed by atoms with E-state index in [2.05, 4.69) is 10.6 Å². The Morgan fingerprint density at radius 1 is 1.12 bits per heavy atom. The summed E-state index contributed by atoms with van der Waals surface area (Å²) in [6.07, 6.45) is 0.434. The number of ether oxygens (including phenoxy) is 1. The predicted molar refractivity (Wildman–Crippen MR) is 93.6 cm³/mol. The van der Waals surface area contributed by atoms with Gasteiger partial charge in [-0.2, -0.15) is 0 Å². The Hall–Kier alpha value is -2.56. The molecule has 1 amide bonds. The second kappa shape index (κ2) is 8.91. The molecule has 0 aliphatic carbocycles. The zero-order valence-corrected chi connectivity index (χ0v) is 14.0. The lowest BCUT2D eigenvalue weighted by Crippen LogP contribution is -2.25. The lowest BCUT2D eigenvalue weighted by molar-refractivity contribution is -0.121. The van der Waals surface area contributed by atoms with Crippen molar-refractivity contribution in [2.75, 3.05) is 11.9 Å². The van der Waals surface area contributed by atoms with E-state index in [0.717, 1.165) is 17.0 Å². The number of nitrogens with one attached hydrogen (secondary N) is 2. The lowest BCUT2D eigenvalue weighted by atomic mass is 10.2. The Bertz CT molecular complexity index is 657. The molecule has 4 nitrogen and oxygen atoms in total. The van der Waals surface area contributed by atoms with Gasteiger partial charge < -0.3 is 15.4 Å². The van der Waals surface area contributed by atoms with Gasteiger partial charge in [0, 0.05) is 19.5 Å². The number of anilines is 1. The third kappa shape index (κ3) is 5.91. The molecule has 5 heteroatoms. The van der Waals surface area contributed by atoms with Gasteiger partial charge in [-0.3, -0.25) is 4.79 Å². The molecule has 2 N–H and O–H groups in total. The summed E-state index contributed by atoms with van der Waals surface area (Å²) in [5, 5.41) is 6.04. The largest absolute Gasteiger partial charge is 0.489 e. The third-order valence-corrected chi connectivity index (χ3v) is 3.32. The summed E-state index contributed by atoms with van der Waals surface area (Å²) in [5.41, 5.74) is 1.74. The first kappa shape index (κ1) is 17.8. The molecule has 0 fully saturated rings. The molecule has 0 saturated carbocycles. The molecule has 0 atom stereocenters. The fraction of sp³-hybridized carbons (Fsp3) is 0.316. The minimum absolute atomic E-state index is 0.0610. The van der Waals surface area contributed by atoms with E-state index in [1.165, 1.54) is 12.1 Å². The van der Waals surface area contributed by atoms with Crippen LogP contribution >= 0.6 is 0 Å². The maximum absolute atomic E-state index is 12.8. The molecule has 0 aliphatic heterocycles. The third-order valence-electron chi connectivity index (χ3n) is 3.32. The fourth-order valence-electron chi connectivity index (χ4n) is 2.17. The summed E-state index contributed by atoms with van der Waals surface area (Å²) in [4.78, 5) is 11.9. The van der Waals surface area contributed by atoms with Crippen LogP contribution in [0.3, 0.4) is 0 Å². The van der Waals surface area contributed by atoms with Crippen LogP contribution in [0.15, 0.2) is 48.5 Å². The van der Waals surface area contributed by atoms with Crippen LogP contribution in [0.5, 0.6) is 5.75 Å². The summed E-state index contributed by atoms with van der Waals surface area (Å²) in [6.45, 7) is 4.85. The second-order valence-electron chi connectivity index (χ2n) is 5.74. The van der Waals surface area contributed by atoms with Crippen molar-refractivity contribution < 1.29 is 13.9 Å². The highest BCUT2D eigenvalue weighted by molar-refractivity contribution is 5.76. The van der Waals surface area contributed by atoms with E-state index in [4.69, 9.17) is 4.74 Å². The topological polar surface area (TPSA) is 50.4 Å². The molecule has 0 radical (unpaired) electrons. The molecule has 0 aromatic heterocycles. The molecular weight excluding hydrogens is 307 g/mol. The number of carbonyl (C=O) groups excluding carboxylic acids is 1. The summed E-state index contributed by atoms with van der Waals surface area (Å²) in [5.74, 6) is 0.435. The Kier molecular flexibility index (Phi) is 6.61. The van der Waals surface area contributed by atoms with Crippen molar-refractivity contribution in [3.8, 4) is 5.75 Å². The number of benzene rings is 2. The van der Waals surface area contributed by atoms with Gasteiger partial charge in [-0.1, -0.05) is 24.3 Å². The van der Waals surface area contributed by atoms with Crippen LogP contribution < -0.4 is 15.4 Å². The van der Waals surface area contributed by atoms with Crippen molar-refractivity contribution >= 4 is 11.6 Å². The molecule has 0 unspecified atom stereocenters. The molecule has 24 heavy (non-hydrogen) atoms. The van der Waals surface area contributed by atoms with Gasteiger partial charge in [-0.15, -0.1) is 0 Å². The molecule has 0 saturated heterocycles. The molecule has 0 aliphatic rings. The van der Waals surface area contributed by atoms with Crippen LogP contribution in [-0.2, 0) is 11.3 Å². The number of carbonyl (C=O) groups is 1. The standard InChI is InChI=1S/C19H23FN2O2/c1-14(2)24-18-6-4-3-5-17(18)21-12-11-19(23)22-13-15-7-9-16(20)10-8-15/h3-10,14,21H,11-13H2,1-2H3,(H,22,23). The minimum Gasteiger partial charge on any atom is -0.489 e. The van der Waals surface area contributed by atoms with E-state index in [1.54, 1.807) is 12.1 Å². The zero-order chi connectivity index (χ0) is 17.4. The first-order chi connectivity index (χ1) is 11.5. The van der Waals surface area contributed by atoms with Gasteiger partial charge in [0.1, 0.15) is 11.6 Å². The molecule has 0 heterocycles.